The van der Waals surface area contributed by atoms with Crippen LogP contribution in [0.25, 0.3) is 0 Å². The van der Waals surface area contributed by atoms with Crippen LogP contribution in [0.2, 0.25) is 0 Å². The zero-order chi connectivity index (χ0) is 15.2. The van der Waals surface area contributed by atoms with Crippen molar-refractivity contribution in [2.75, 3.05) is 0 Å². The maximum absolute atomic E-state index is 11.5. The molecule has 0 aromatic carbocycles. The predicted octanol–water partition coefficient (Wildman–Crippen LogP) is 0.471. The minimum atomic E-state index is -1.09. The van der Waals surface area contributed by atoms with E-state index in [9.17, 15) is 9.59 Å². The number of carboxylic acids is 1. The Bertz CT molecular complexity index is 637. The van der Waals surface area contributed by atoms with Crippen molar-refractivity contribution in [3.8, 4) is 0 Å². The van der Waals surface area contributed by atoms with Gasteiger partial charge in [0, 0.05) is 19.7 Å². The van der Waals surface area contributed by atoms with E-state index >= 15 is 0 Å². The summed E-state index contributed by atoms with van der Waals surface area (Å²) in [7, 11) is 0. The van der Waals surface area contributed by atoms with Crippen LogP contribution in [0.1, 0.15) is 27.8 Å². The van der Waals surface area contributed by atoms with E-state index in [-0.39, 0.29) is 18.8 Å². The molecule has 9 heteroatoms. The van der Waals surface area contributed by atoms with Crippen LogP contribution in [0.3, 0.4) is 0 Å². The van der Waals surface area contributed by atoms with Crippen LogP contribution >= 0.6 is 0 Å². The third-order valence-corrected chi connectivity index (χ3v) is 2.47. The molecule has 0 bridgehead atoms. The zero-order valence-corrected chi connectivity index (χ0v) is 11.2. The lowest BCUT2D eigenvalue weighted by atomic mass is 10.2. The molecule has 9 nitrogen and oxygen atoms in total. The van der Waals surface area contributed by atoms with Crippen molar-refractivity contribution in [1.29, 1.82) is 0 Å². The summed E-state index contributed by atoms with van der Waals surface area (Å²) >= 11 is 0. The SMILES string of the molecule is Cc1nc(CNC(=O)NCc2ccc(C(=O)O)nc2)no1. The molecule has 0 spiro atoms. The highest BCUT2D eigenvalue weighted by molar-refractivity contribution is 5.85. The molecule has 0 saturated carbocycles. The summed E-state index contributed by atoms with van der Waals surface area (Å²) in [6.45, 7) is 2.04. The molecular formula is C12H13N5O4. The van der Waals surface area contributed by atoms with Gasteiger partial charge >= 0.3 is 12.0 Å². The minimum Gasteiger partial charge on any atom is -0.477 e. The summed E-state index contributed by atoms with van der Waals surface area (Å²) in [5.74, 6) is -0.283. The molecule has 0 aliphatic rings. The molecule has 0 aliphatic heterocycles. The molecule has 2 heterocycles. The van der Waals surface area contributed by atoms with Crippen molar-refractivity contribution in [3.05, 3.63) is 41.3 Å². The van der Waals surface area contributed by atoms with Crippen molar-refractivity contribution < 1.29 is 19.2 Å². The first-order valence-electron chi connectivity index (χ1n) is 6.03. The third-order valence-electron chi connectivity index (χ3n) is 2.47. The first-order valence-corrected chi connectivity index (χ1v) is 6.03. The van der Waals surface area contributed by atoms with Gasteiger partial charge in [0.2, 0.25) is 5.89 Å². The molecule has 0 atom stereocenters. The highest BCUT2D eigenvalue weighted by Gasteiger charge is 2.06. The highest BCUT2D eigenvalue weighted by Crippen LogP contribution is 2.00. The molecule has 2 aromatic heterocycles. The Morgan fingerprint density at radius 2 is 2.05 bits per heavy atom. The topological polar surface area (TPSA) is 130 Å². The number of aromatic carboxylic acids is 1. The Morgan fingerprint density at radius 1 is 1.29 bits per heavy atom. The molecule has 3 N–H and O–H groups in total. The Labute approximate surface area is 119 Å². The van der Waals surface area contributed by atoms with Crippen LogP contribution in [0.4, 0.5) is 4.79 Å². The van der Waals surface area contributed by atoms with Gasteiger partial charge < -0.3 is 20.3 Å². The summed E-state index contributed by atoms with van der Waals surface area (Å²) in [6.07, 6.45) is 1.40. The van der Waals surface area contributed by atoms with Crippen LogP contribution in [-0.2, 0) is 13.1 Å². The molecule has 0 fully saturated rings. The van der Waals surface area contributed by atoms with Crippen molar-refractivity contribution in [1.82, 2.24) is 25.8 Å². The van der Waals surface area contributed by atoms with E-state index in [2.05, 4.69) is 25.8 Å². The van der Waals surface area contributed by atoms with Crippen LogP contribution in [0, 0.1) is 6.92 Å². The fraction of sp³-hybridized carbons (Fsp3) is 0.250. The van der Waals surface area contributed by atoms with Gasteiger partial charge in [-0.1, -0.05) is 11.2 Å². The molecule has 2 rings (SSSR count). The summed E-state index contributed by atoms with van der Waals surface area (Å²) in [5, 5.41) is 17.5. The Balaban J connectivity index is 1.77. The number of pyridine rings is 1. The van der Waals surface area contributed by atoms with Gasteiger partial charge in [0.25, 0.3) is 0 Å². The number of hydrogen-bond acceptors (Lipinski definition) is 6. The lowest BCUT2D eigenvalue weighted by Crippen LogP contribution is -2.34. The molecule has 110 valence electrons. The first-order chi connectivity index (χ1) is 10.0. The number of carbonyl (C=O) groups is 2. The fourth-order valence-corrected chi connectivity index (χ4v) is 1.47. The van der Waals surface area contributed by atoms with Gasteiger partial charge in [-0.05, 0) is 11.6 Å². The van der Waals surface area contributed by atoms with Crippen LogP contribution in [0.15, 0.2) is 22.9 Å². The Kier molecular flexibility index (Phi) is 4.44. The molecule has 0 saturated heterocycles. The fourth-order valence-electron chi connectivity index (χ4n) is 1.47. The van der Waals surface area contributed by atoms with Crippen LogP contribution in [-0.4, -0.2) is 32.2 Å². The first kappa shape index (κ1) is 14.4. The number of urea groups is 1. The second kappa shape index (κ2) is 6.46. The van der Waals surface area contributed by atoms with E-state index in [0.717, 1.165) is 0 Å². The minimum absolute atomic E-state index is 0.0457. The summed E-state index contributed by atoms with van der Waals surface area (Å²) < 4.78 is 4.77. The number of nitrogens with zero attached hydrogens (tertiary/aromatic N) is 3. The standard InChI is InChI=1S/C12H13N5O4/c1-7-16-10(17-21-7)6-15-12(20)14-5-8-2-3-9(11(18)19)13-4-8/h2-4H,5-6H2,1H3,(H,18,19)(H2,14,15,20). The quantitative estimate of drug-likeness (QED) is 0.729. The maximum atomic E-state index is 11.5. The van der Waals surface area contributed by atoms with E-state index in [0.29, 0.717) is 17.3 Å². The number of amides is 2. The van der Waals surface area contributed by atoms with Gasteiger partial charge in [-0.15, -0.1) is 0 Å². The average Bonchev–Trinajstić information content (AvgIpc) is 2.89. The zero-order valence-electron chi connectivity index (χ0n) is 11.2. The van der Waals surface area contributed by atoms with Gasteiger partial charge in [0.15, 0.2) is 5.82 Å². The number of carbonyl (C=O) groups excluding carboxylic acids is 1. The molecule has 2 aromatic rings. The molecule has 21 heavy (non-hydrogen) atoms. The number of rotatable bonds is 5. The van der Waals surface area contributed by atoms with Crippen LogP contribution in [0.5, 0.6) is 0 Å². The Morgan fingerprint density at radius 3 is 2.62 bits per heavy atom. The Hall–Kier alpha value is -2.97. The predicted molar refractivity (Wildman–Crippen MR) is 69.3 cm³/mol. The largest absolute Gasteiger partial charge is 0.477 e. The average molecular weight is 291 g/mol. The van der Waals surface area contributed by atoms with E-state index < -0.39 is 12.0 Å². The van der Waals surface area contributed by atoms with E-state index in [1.165, 1.54) is 12.3 Å². The second-order valence-electron chi connectivity index (χ2n) is 4.12. The second-order valence-corrected chi connectivity index (χ2v) is 4.12. The highest BCUT2D eigenvalue weighted by atomic mass is 16.5. The molecule has 0 radical (unpaired) electrons. The molecular weight excluding hydrogens is 278 g/mol. The molecule has 0 unspecified atom stereocenters. The van der Waals surface area contributed by atoms with E-state index in [1.54, 1.807) is 13.0 Å². The normalized spacial score (nSPS) is 10.1. The summed E-state index contributed by atoms with van der Waals surface area (Å²) in [4.78, 5) is 29.9. The number of hydrogen-bond donors (Lipinski definition) is 3. The van der Waals surface area contributed by atoms with Gasteiger partial charge in [0.05, 0.1) is 6.54 Å². The van der Waals surface area contributed by atoms with Crippen molar-refractivity contribution in [3.63, 3.8) is 0 Å². The lowest BCUT2D eigenvalue weighted by molar-refractivity contribution is 0.0690. The lowest BCUT2D eigenvalue weighted by Gasteiger charge is -2.06. The van der Waals surface area contributed by atoms with Crippen molar-refractivity contribution >= 4 is 12.0 Å². The number of aromatic nitrogens is 3. The summed E-state index contributed by atoms with van der Waals surface area (Å²) in [5.41, 5.74) is 0.640. The third kappa shape index (κ3) is 4.27. The van der Waals surface area contributed by atoms with Gasteiger partial charge in [-0.2, -0.15) is 4.98 Å². The number of aryl methyl sites for hydroxylation is 1. The summed E-state index contributed by atoms with van der Waals surface area (Å²) in [6, 6.07) is 2.55. The molecule has 2 amide bonds. The van der Waals surface area contributed by atoms with Crippen molar-refractivity contribution in [2.24, 2.45) is 0 Å². The van der Waals surface area contributed by atoms with Crippen LogP contribution < -0.4 is 10.6 Å². The van der Waals surface area contributed by atoms with E-state index in [4.69, 9.17) is 9.63 Å². The monoisotopic (exact) mass is 291 g/mol. The molecule has 0 aliphatic carbocycles. The van der Waals surface area contributed by atoms with Gasteiger partial charge in [0.1, 0.15) is 5.69 Å². The number of carboxylic acid groups (broad SMARTS) is 1. The smallest absolute Gasteiger partial charge is 0.354 e. The van der Waals surface area contributed by atoms with Gasteiger partial charge in [-0.25, -0.2) is 14.6 Å². The number of nitrogens with one attached hydrogen (secondary N) is 2. The van der Waals surface area contributed by atoms with Gasteiger partial charge in [-0.3, -0.25) is 0 Å². The van der Waals surface area contributed by atoms with Crippen molar-refractivity contribution in [2.45, 2.75) is 20.0 Å². The maximum Gasteiger partial charge on any atom is 0.354 e. The van der Waals surface area contributed by atoms with E-state index in [1.807, 2.05) is 0 Å².